The summed E-state index contributed by atoms with van der Waals surface area (Å²) < 4.78 is 15.8. The fourth-order valence-corrected chi connectivity index (χ4v) is 3.00. The fraction of sp³-hybridized carbons (Fsp3) is 0.389. The Morgan fingerprint density at radius 3 is 2.81 bits per heavy atom. The Morgan fingerprint density at radius 2 is 2.00 bits per heavy atom. The second kappa shape index (κ2) is 7.56. The number of amides is 1. The highest BCUT2D eigenvalue weighted by Gasteiger charge is 2.23. The predicted molar refractivity (Wildman–Crippen MR) is 98.7 cm³/mol. The molecule has 0 saturated carbocycles. The first-order valence-electron chi connectivity index (χ1n) is 8.89. The van der Waals surface area contributed by atoms with Gasteiger partial charge in [-0.1, -0.05) is 0 Å². The lowest BCUT2D eigenvalue weighted by Gasteiger charge is -2.34. The zero-order valence-corrected chi connectivity index (χ0v) is 15.1. The average molecular weight is 371 g/mol. The maximum atomic E-state index is 11.8. The van der Waals surface area contributed by atoms with Gasteiger partial charge in [0.2, 0.25) is 12.7 Å². The number of rotatable bonds is 4. The predicted octanol–water partition coefficient (Wildman–Crippen LogP) is 2.23. The van der Waals surface area contributed by atoms with E-state index < -0.39 is 0 Å². The van der Waals surface area contributed by atoms with Crippen LogP contribution in [0, 0.1) is 0 Å². The number of carbonyl (C=O) groups excluding carboxylic acids is 1. The quantitative estimate of drug-likeness (QED) is 0.875. The number of benzene rings is 1. The molecule has 9 heteroatoms. The summed E-state index contributed by atoms with van der Waals surface area (Å²) in [5, 5.41) is 3.26. The van der Waals surface area contributed by atoms with Gasteiger partial charge in [0.1, 0.15) is 5.82 Å². The second-order valence-electron chi connectivity index (χ2n) is 6.11. The van der Waals surface area contributed by atoms with E-state index in [1.54, 1.807) is 18.0 Å². The molecule has 0 unspecified atom stereocenters. The number of anilines is 3. The molecule has 1 fully saturated rings. The smallest absolute Gasteiger partial charge is 0.409 e. The average Bonchev–Trinajstić information content (AvgIpc) is 3.16. The molecular formula is C18H21N5O4. The van der Waals surface area contributed by atoms with Crippen LogP contribution in [0.15, 0.2) is 30.5 Å². The van der Waals surface area contributed by atoms with Crippen molar-refractivity contribution < 1.29 is 19.0 Å². The second-order valence-corrected chi connectivity index (χ2v) is 6.11. The molecule has 9 nitrogen and oxygen atoms in total. The number of nitrogens with one attached hydrogen (secondary N) is 1. The minimum Gasteiger partial charge on any atom is -0.454 e. The highest BCUT2D eigenvalue weighted by Crippen LogP contribution is 2.35. The van der Waals surface area contributed by atoms with Gasteiger partial charge in [0.05, 0.1) is 6.61 Å². The highest BCUT2D eigenvalue weighted by atomic mass is 16.7. The lowest BCUT2D eigenvalue weighted by Crippen LogP contribution is -2.49. The molecule has 1 saturated heterocycles. The van der Waals surface area contributed by atoms with Crippen LogP contribution in [0.4, 0.5) is 22.2 Å². The van der Waals surface area contributed by atoms with Crippen molar-refractivity contribution in [3.63, 3.8) is 0 Å². The van der Waals surface area contributed by atoms with E-state index in [0.29, 0.717) is 50.3 Å². The first-order chi connectivity index (χ1) is 13.2. The van der Waals surface area contributed by atoms with Crippen molar-refractivity contribution in [1.82, 2.24) is 14.9 Å². The number of aromatic nitrogens is 2. The van der Waals surface area contributed by atoms with Crippen molar-refractivity contribution >= 4 is 23.5 Å². The summed E-state index contributed by atoms with van der Waals surface area (Å²) in [6.45, 7) is 4.92. The van der Waals surface area contributed by atoms with Gasteiger partial charge in [0.25, 0.3) is 0 Å². The van der Waals surface area contributed by atoms with Crippen molar-refractivity contribution in [3.8, 4) is 11.5 Å². The minimum absolute atomic E-state index is 0.244. The third-order valence-corrected chi connectivity index (χ3v) is 4.38. The summed E-state index contributed by atoms with van der Waals surface area (Å²) in [5.41, 5.74) is 0.857. The van der Waals surface area contributed by atoms with Gasteiger partial charge in [0, 0.05) is 44.1 Å². The van der Waals surface area contributed by atoms with Crippen LogP contribution in [0.5, 0.6) is 11.5 Å². The van der Waals surface area contributed by atoms with Gasteiger partial charge in [-0.15, -0.1) is 0 Å². The van der Waals surface area contributed by atoms with Crippen molar-refractivity contribution in [2.75, 3.05) is 49.8 Å². The third-order valence-electron chi connectivity index (χ3n) is 4.38. The molecule has 2 aromatic rings. The highest BCUT2D eigenvalue weighted by molar-refractivity contribution is 5.68. The molecule has 1 aromatic heterocycles. The lowest BCUT2D eigenvalue weighted by atomic mass is 10.3. The summed E-state index contributed by atoms with van der Waals surface area (Å²) in [6.07, 6.45) is 1.45. The maximum absolute atomic E-state index is 11.8. The molecule has 0 spiro atoms. The van der Waals surface area contributed by atoms with Gasteiger partial charge in [-0.3, -0.25) is 0 Å². The Morgan fingerprint density at radius 1 is 1.19 bits per heavy atom. The van der Waals surface area contributed by atoms with Gasteiger partial charge >= 0.3 is 6.09 Å². The topological polar surface area (TPSA) is 89.1 Å². The summed E-state index contributed by atoms with van der Waals surface area (Å²) in [5.74, 6) is 2.77. The van der Waals surface area contributed by atoms with Crippen molar-refractivity contribution in [2.24, 2.45) is 0 Å². The Labute approximate surface area is 156 Å². The van der Waals surface area contributed by atoms with E-state index in [0.717, 1.165) is 11.4 Å². The molecule has 4 rings (SSSR count). The summed E-state index contributed by atoms with van der Waals surface area (Å²) in [4.78, 5) is 24.5. The molecule has 0 radical (unpaired) electrons. The molecule has 3 heterocycles. The maximum Gasteiger partial charge on any atom is 0.409 e. The minimum atomic E-state index is -0.267. The molecule has 1 amide bonds. The molecule has 142 valence electrons. The summed E-state index contributed by atoms with van der Waals surface area (Å²) in [6, 6.07) is 7.46. The SMILES string of the molecule is CCOC(=O)N1CCN(c2nccc(Nc3ccc4c(c3)OCO4)n2)CC1. The molecule has 27 heavy (non-hydrogen) atoms. The molecule has 1 N–H and O–H groups in total. The van der Waals surface area contributed by atoms with Crippen LogP contribution in [-0.2, 0) is 4.74 Å². The third kappa shape index (κ3) is 3.81. The molecule has 2 aliphatic heterocycles. The Hall–Kier alpha value is -3.23. The number of nitrogens with zero attached hydrogens (tertiary/aromatic N) is 4. The molecule has 1 aromatic carbocycles. The summed E-state index contributed by atoms with van der Waals surface area (Å²) in [7, 11) is 0. The van der Waals surface area contributed by atoms with Gasteiger partial charge < -0.3 is 29.3 Å². The standard InChI is InChI=1S/C18H21N5O4/c1-2-25-18(24)23-9-7-22(8-10-23)17-19-6-5-16(21-17)20-13-3-4-14-15(11-13)27-12-26-14/h3-6,11H,2,7-10,12H2,1H3,(H,19,20,21). The Balaban J connectivity index is 1.40. The largest absolute Gasteiger partial charge is 0.454 e. The van der Waals surface area contributed by atoms with Crippen LogP contribution in [0.2, 0.25) is 0 Å². The number of carbonyl (C=O) groups is 1. The van der Waals surface area contributed by atoms with Crippen LogP contribution in [0.3, 0.4) is 0 Å². The van der Waals surface area contributed by atoms with Crippen LogP contribution >= 0.6 is 0 Å². The normalized spacial score (nSPS) is 15.6. The zero-order valence-electron chi connectivity index (χ0n) is 15.1. The van der Waals surface area contributed by atoms with E-state index in [1.165, 1.54) is 0 Å². The molecule has 0 aliphatic carbocycles. The molecule has 2 aliphatic rings. The first-order valence-corrected chi connectivity index (χ1v) is 8.89. The molecular weight excluding hydrogens is 350 g/mol. The number of hydrogen-bond donors (Lipinski definition) is 1. The number of ether oxygens (including phenoxy) is 3. The fourth-order valence-electron chi connectivity index (χ4n) is 3.00. The first kappa shape index (κ1) is 17.2. The van der Waals surface area contributed by atoms with Gasteiger partial charge in [-0.2, -0.15) is 4.98 Å². The van der Waals surface area contributed by atoms with E-state index in [1.807, 2.05) is 24.3 Å². The molecule has 0 atom stereocenters. The van der Waals surface area contributed by atoms with Crippen molar-refractivity contribution in [2.45, 2.75) is 6.92 Å². The lowest BCUT2D eigenvalue weighted by molar-refractivity contribution is 0.105. The molecule has 0 bridgehead atoms. The van der Waals surface area contributed by atoms with Crippen LogP contribution in [0.25, 0.3) is 0 Å². The van der Waals surface area contributed by atoms with Gasteiger partial charge in [-0.25, -0.2) is 9.78 Å². The number of piperazine rings is 1. The van der Waals surface area contributed by atoms with Gasteiger partial charge in [-0.05, 0) is 25.1 Å². The number of hydrogen-bond acceptors (Lipinski definition) is 8. The van der Waals surface area contributed by atoms with Crippen molar-refractivity contribution in [1.29, 1.82) is 0 Å². The van der Waals surface area contributed by atoms with E-state index in [2.05, 4.69) is 20.2 Å². The number of fused-ring (bicyclic) bond motifs is 1. The van der Waals surface area contributed by atoms with Gasteiger partial charge in [0.15, 0.2) is 11.5 Å². The monoisotopic (exact) mass is 371 g/mol. The van der Waals surface area contributed by atoms with Crippen molar-refractivity contribution in [3.05, 3.63) is 30.5 Å². The zero-order chi connectivity index (χ0) is 18.6. The Kier molecular flexibility index (Phi) is 4.82. The van der Waals surface area contributed by atoms with Crippen LogP contribution in [-0.4, -0.2) is 60.5 Å². The van der Waals surface area contributed by atoms with E-state index in [9.17, 15) is 4.79 Å². The van der Waals surface area contributed by atoms with E-state index in [-0.39, 0.29) is 12.9 Å². The van der Waals surface area contributed by atoms with Crippen LogP contribution < -0.4 is 19.7 Å². The van der Waals surface area contributed by atoms with E-state index >= 15 is 0 Å². The summed E-state index contributed by atoms with van der Waals surface area (Å²) >= 11 is 0. The Bertz CT molecular complexity index is 823. The van der Waals surface area contributed by atoms with Crippen LogP contribution in [0.1, 0.15) is 6.92 Å². The van der Waals surface area contributed by atoms with E-state index in [4.69, 9.17) is 14.2 Å².